The largest absolute Gasteiger partial charge is 0.498 e. The molecule has 1 aliphatic heterocycles. The second-order valence-corrected chi connectivity index (χ2v) is 13.8. The van der Waals surface area contributed by atoms with E-state index >= 15 is 0 Å². The molecule has 1 aromatic carbocycles. The average Bonchev–Trinajstić information content (AvgIpc) is 3.58. The fraction of sp³-hybridized carbons (Fsp3) is 0.667. The molecule has 3 fully saturated rings. The van der Waals surface area contributed by atoms with Gasteiger partial charge < -0.3 is 24.1 Å². The quantitative estimate of drug-likeness (QED) is 0.192. The molecule has 8 heteroatoms. The molecule has 0 spiro atoms. The number of carbonyl (C=O) groups excluding carboxylic acids is 2. The Morgan fingerprint density at radius 3 is 2.45 bits per heavy atom. The number of halogens is 1. The number of fused-ring (bicyclic) bond motifs is 5. The van der Waals surface area contributed by atoms with E-state index < -0.39 is 6.29 Å². The first-order valence-corrected chi connectivity index (χ1v) is 16.9. The van der Waals surface area contributed by atoms with E-state index in [9.17, 15) is 14.7 Å². The summed E-state index contributed by atoms with van der Waals surface area (Å²) in [5.74, 6) is 1.42. The monoisotopic (exact) mass is 628 g/mol. The molecule has 1 saturated heterocycles. The van der Waals surface area contributed by atoms with Crippen molar-refractivity contribution in [1.82, 2.24) is 0 Å². The summed E-state index contributed by atoms with van der Waals surface area (Å²) in [6.07, 6.45) is 7.86. The summed E-state index contributed by atoms with van der Waals surface area (Å²) >= 11 is 6.30. The zero-order chi connectivity index (χ0) is 31.5. The van der Waals surface area contributed by atoms with E-state index in [1.165, 1.54) is 19.8 Å². The molecule has 4 aliphatic rings. The van der Waals surface area contributed by atoms with Gasteiger partial charge in [0.15, 0.2) is 11.5 Å². The lowest BCUT2D eigenvalue weighted by molar-refractivity contribution is -0.151. The van der Waals surface area contributed by atoms with Gasteiger partial charge in [-0.25, -0.2) is 0 Å². The fourth-order valence-corrected chi connectivity index (χ4v) is 8.78. The predicted molar refractivity (Wildman–Crippen MR) is 169 cm³/mol. The van der Waals surface area contributed by atoms with Crippen LogP contribution >= 0.6 is 11.6 Å². The van der Waals surface area contributed by atoms with E-state index in [4.69, 9.17) is 30.5 Å². The van der Waals surface area contributed by atoms with Crippen molar-refractivity contribution in [2.24, 2.45) is 35.5 Å². The van der Waals surface area contributed by atoms with Crippen molar-refractivity contribution in [2.75, 3.05) is 14.2 Å². The van der Waals surface area contributed by atoms with E-state index in [0.717, 1.165) is 56.9 Å². The molecule has 2 saturated carbocycles. The normalized spacial score (nSPS) is 35.5. The van der Waals surface area contributed by atoms with E-state index in [2.05, 4.69) is 25.1 Å². The Hall–Kier alpha value is -2.35. The molecule has 4 unspecified atom stereocenters. The number of rotatable bonds is 7. The molecule has 10 atom stereocenters. The van der Waals surface area contributed by atoms with Crippen LogP contribution in [0.25, 0.3) is 0 Å². The van der Waals surface area contributed by atoms with Gasteiger partial charge in [-0.15, -0.1) is 0 Å². The SMILES string of the molecule is CC[C@H]1CCCC[C@@H](C)C(=O)C2=CC3C(C(c4ccc(Cl)cc4)CC4C[C@@H](O[C@H](O)/C(OC)=C(/C)OC)C[C@H]43)[C@@H]2CC(=O)O1. The zero-order valence-electron chi connectivity index (χ0n) is 26.8. The first kappa shape index (κ1) is 33.0. The smallest absolute Gasteiger partial charge is 0.306 e. The molecular formula is C36H49ClO7. The number of methoxy groups -OCH3 is 2. The van der Waals surface area contributed by atoms with Crippen molar-refractivity contribution >= 4 is 23.4 Å². The predicted octanol–water partition coefficient (Wildman–Crippen LogP) is 7.36. The highest BCUT2D eigenvalue weighted by Gasteiger charge is 2.55. The number of ether oxygens (including phenoxy) is 4. The van der Waals surface area contributed by atoms with E-state index in [1.54, 1.807) is 6.92 Å². The number of hydrogen-bond donors (Lipinski definition) is 1. The molecular weight excluding hydrogens is 580 g/mol. The van der Waals surface area contributed by atoms with Crippen LogP contribution in [0.4, 0.5) is 0 Å². The Kier molecular flexibility index (Phi) is 10.8. The minimum Gasteiger partial charge on any atom is -0.498 e. The third-order valence-corrected chi connectivity index (χ3v) is 11.2. The van der Waals surface area contributed by atoms with E-state index in [0.29, 0.717) is 16.7 Å². The maximum absolute atomic E-state index is 14.1. The van der Waals surface area contributed by atoms with Gasteiger partial charge in [0.2, 0.25) is 6.29 Å². The molecule has 44 heavy (non-hydrogen) atoms. The van der Waals surface area contributed by atoms with E-state index in [-0.39, 0.29) is 71.6 Å². The first-order chi connectivity index (χ1) is 21.1. The molecule has 0 radical (unpaired) electrons. The van der Waals surface area contributed by atoms with Crippen LogP contribution in [0.3, 0.4) is 0 Å². The molecule has 0 aromatic heterocycles. The average molecular weight is 629 g/mol. The van der Waals surface area contributed by atoms with Crippen LogP contribution in [0.2, 0.25) is 5.02 Å². The highest BCUT2D eigenvalue weighted by molar-refractivity contribution is 6.30. The van der Waals surface area contributed by atoms with Gasteiger partial charge >= 0.3 is 5.97 Å². The van der Waals surface area contributed by atoms with Crippen molar-refractivity contribution in [2.45, 2.75) is 103 Å². The van der Waals surface area contributed by atoms with E-state index in [1.807, 2.05) is 19.1 Å². The number of hydrogen-bond acceptors (Lipinski definition) is 7. The minimum absolute atomic E-state index is 0.0766. The van der Waals surface area contributed by atoms with Crippen molar-refractivity contribution < 1.29 is 33.6 Å². The summed E-state index contributed by atoms with van der Waals surface area (Å²) in [5, 5.41) is 11.6. The molecule has 7 nitrogen and oxygen atoms in total. The number of esters is 1. The Morgan fingerprint density at radius 1 is 1.05 bits per heavy atom. The fourth-order valence-electron chi connectivity index (χ4n) is 8.66. The van der Waals surface area contributed by atoms with Crippen LogP contribution in [0, 0.1) is 35.5 Å². The number of allylic oxidation sites excluding steroid dienone is 3. The van der Waals surface area contributed by atoms with Gasteiger partial charge in [0.05, 0.1) is 26.7 Å². The standard InChI is InChI=1S/C36H49ClO7/c1-6-25-10-8-7-9-20(2)34(39)31-18-29-27-17-26(44-36(40)35(42-5)21(3)41-4)15-23(27)16-28(22-11-13-24(37)14-12-22)33(29)30(31)19-32(38)43-25/h11-14,18,20,23,25-30,33,36,40H,6-10,15-17,19H2,1-5H3/b35-21+/t20-,23?,25+,26-,27-,28?,29?,30-,33?,36+/m1/s1. The summed E-state index contributed by atoms with van der Waals surface area (Å²) in [5.41, 5.74) is 2.01. The number of benzene rings is 1. The van der Waals surface area contributed by atoms with Gasteiger partial charge in [0, 0.05) is 16.9 Å². The summed E-state index contributed by atoms with van der Waals surface area (Å²) < 4.78 is 22.9. The topological polar surface area (TPSA) is 91.3 Å². The van der Waals surface area contributed by atoms with Gasteiger partial charge in [0.25, 0.3) is 0 Å². The molecule has 0 bridgehead atoms. The minimum atomic E-state index is -1.23. The summed E-state index contributed by atoms with van der Waals surface area (Å²) in [7, 11) is 3.03. The van der Waals surface area contributed by atoms with Gasteiger partial charge in [-0.05, 0) is 105 Å². The van der Waals surface area contributed by atoms with Crippen LogP contribution in [0.5, 0.6) is 0 Å². The molecule has 3 aliphatic carbocycles. The lowest BCUT2D eigenvalue weighted by atomic mass is 9.59. The van der Waals surface area contributed by atoms with Crippen LogP contribution < -0.4 is 0 Å². The summed E-state index contributed by atoms with van der Waals surface area (Å²) in [6.45, 7) is 5.86. The first-order valence-electron chi connectivity index (χ1n) is 16.5. The number of aliphatic hydroxyl groups excluding tert-OH is 1. The number of carbonyl (C=O) groups is 2. The highest BCUT2D eigenvalue weighted by Crippen LogP contribution is 2.61. The van der Waals surface area contributed by atoms with Gasteiger partial charge in [-0.2, -0.15) is 0 Å². The molecule has 1 heterocycles. The van der Waals surface area contributed by atoms with Crippen molar-refractivity contribution in [1.29, 1.82) is 0 Å². The maximum atomic E-state index is 14.1. The molecule has 0 amide bonds. The third-order valence-electron chi connectivity index (χ3n) is 10.9. The number of Topliss-reactive ketones (excluding diaryl/α,β-unsaturated/α-hetero) is 1. The van der Waals surface area contributed by atoms with Gasteiger partial charge in [0.1, 0.15) is 11.9 Å². The molecule has 1 N–H and O–H groups in total. The Bertz CT molecular complexity index is 1240. The molecule has 1 aromatic rings. The lowest BCUT2D eigenvalue weighted by Crippen LogP contribution is -2.38. The number of cyclic esters (lactones) is 1. The Balaban J connectivity index is 1.49. The summed E-state index contributed by atoms with van der Waals surface area (Å²) in [4.78, 5) is 27.6. The third kappa shape index (κ3) is 6.90. The van der Waals surface area contributed by atoms with Gasteiger partial charge in [-0.3, -0.25) is 9.59 Å². The van der Waals surface area contributed by atoms with Gasteiger partial charge in [-0.1, -0.05) is 50.1 Å². The second kappa shape index (κ2) is 14.4. The highest BCUT2D eigenvalue weighted by atomic mass is 35.5. The summed E-state index contributed by atoms with van der Waals surface area (Å²) in [6, 6.07) is 8.07. The van der Waals surface area contributed by atoms with Crippen LogP contribution in [0.1, 0.15) is 90.0 Å². The zero-order valence-corrected chi connectivity index (χ0v) is 27.6. The number of ketones is 1. The van der Waals surface area contributed by atoms with Crippen molar-refractivity contribution in [3.05, 3.63) is 58.0 Å². The van der Waals surface area contributed by atoms with Crippen LogP contribution in [0.15, 0.2) is 47.4 Å². The van der Waals surface area contributed by atoms with Crippen LogP contribution in [-0.4, -0.2) is 49.6 Å². The van der Waals surface area contributed by atoms with Crippen LogP contribution in [-0.2, 0) is 28.5 Å². The molecule has 242 valence electrons. The number of aliphatic hydroxyl groups is 1. The maximum Gasteiger partial charge on any atom is 0.306 e. The second-order valence-electron chi connectivity index (χ2n) is 13.4. The Morgan fingerprint density at radius 2 is 1.77 bits per heavy atom. The Labute approximate surface area is 267 Å². The van der Waals surface area contributed by atoms with Crippen molar-refractivity contribution in [3.63, 3.8) is 0 Å². The van der Waals surface area contributed by atoms with Crippen molar-refractivity contribution in [3.8, 4) is 0 Å². The lowest BCUT2D eigenvalue weighted by Gasteiger charge is -2.44. The molecule has 5 rings (SSSR count).